The van der Waals surface area contributed by atoms with Gasteiger partial charge in [-0.2, -0.15) is 0 Å². The third-order valence-electron chi connectivity index (χ3n) is 1.79. The Labute approximate surface area is 64.9 Å². The second-order valence-corrected chi connectivity index (χ2v) is 3.39. The standard InChI is InChI=1S/C6H13BrN2/c1-8-4-6(3-7)9(2)5-8/h6H,3-5H2,1-2H3. The lowest BCUT2D eigenvalue weighted by atomic mass is 10.3. The van der Waals surface area contributed by atoms with Gasteiger partial charge in [0, 0.05) is 17.9 Å². The van der Waals surface area contributed by atoms with Crippen molar-refractivity contribution in [3.8, 4) is 0 Å². The summed E-state index contributed by atoms with van der Waals surface area (Å²) < 4.78 is 0. The molecule has 0 radical (unpaired) electrons. The molecule has 0 amide bonds. The third kappa shape index (κ3) is 1.66. The van der Waals surface area contributed by atoms with E-state index in [9.17, 15) is 0 Å². The van der Waals surface area contributed by atoms with Crippen molar-refractivity contribution in [1.29, 1.82) is 0 Å². The van der Waals surface area contributed by atoms with Gasteiger partial charge in [-0.3, -0.25) is 9.80 Å². The zero-order valence-corrected chi connectivity index (χ0v) is 7.56. The van der Waals surface area contributed by atoms with E-state index in [2.05, 4.69) is 39.8 Å². The summed E-state index contributed by atoms with van der Waals surface area (Å²) >= 11 is 3.48. The smallest absolute Gasteiger partial charge is 0.0504 e. The van der Waals surface area contributed by atoms with E-state index in [-0.39, 0.29) is 0 Å². The Bertz CT molecular complexity index is 97.1. The number of alkyl halides is 1. The van der Waals surface area contributed by atoms with Crippen LogP contribution < -0.4 is 0 Å². The predicted octanol–water partition coefficient (Wildman–Crippen LogP) is 0.585. The highest BCUT2D eigenvalue weighted by atomic mass is 79.9. The highest BCUT2D eigenvalue weighted by molar-refractivity contribution is 9.09. The first-order chi connectivity index (χ1) is 4.24. The maximum atomic E-state index is 3.48. The lowest BCUT2D eigenvalue weighted by molar-refractivity contribution is 0.296. The molecule has 0 aromatic heterocycles. The molecule has 1 fully saturated rings. The first-order valence-electron chi connectivity index (χ1n) is 3.19. The Morgan fingerprint density at radius 1 is 1.56 bits per heavy atom. The molecule has 0 bridgehead atoms. The van der Waals surface area contributed by atoms with Crippen LogP contribution in [0.25, 0.3) is 0 Å². The Hall–Kier alpha value is 0.400. The number of rotatable bonds is 1. The summed E-state index contributed by atoms with van der Waals surface area (Å²) in [6, 6.07) is 0.718. The van der Waals surface area contributed by atoms with E-state index in [0.29, 0.717) is 0 Å². The van der Waals surface area contributed by atoms with E-state index in [1.165, 1.54) is 6.54 Å². The van der Waals surface area contributed by atoms with Crippen molar-refractivity contribution in [3.63, 3.8) is 0 Å². The summed E-state index contributed by atoms with van der Waals surface area (Å²) in [5.74, 6) is 0. The third-order valence-corrected chi connectivity index (χ3v) is 2.54. The minimum absolute atomic E-state index is 0.718. The monoisotopic (exact) mass is 192 g/mol. The summed E-state index contributed by atoms with van der Waals surface area (Å²) in [6.07, 6.45) is 0. The van der Waals surface area contributed by atoms with Gasteiger partial charge in [-0.1, -0.05) is 15.9 Å². The molecule has 1 heterocycles. The molecule has 0 aromatic carbocycles. The maximum absolute atomic E-state index is 3.48. The zero-order valence-electron chi connectivity index (χ0n) is 5.97. The topological polar surface area (TPSA) is 6.48 Å². The Kier molecular flexibility index (Phi) is 2.50. The molecule has 1 unspecified atom stereocenters. The number of nitrogens with zero attached hydrogens (tertiary/aromatic N) is 2. The van der Waals surface area contributed by atoms with Crippen LogP contribution in [0.5, 0.6) is 0 Å². The van der Waals surface area contributed by atoms with Gasteiger partial charge in [-0.15, -0.1) is 0 Å². The molecule has 1 rings (SSSR count). The quantitative estimate of drug-likeness (QED) is 0.562. The normalized spacial score (nSPS) is 31.7. The van der Waals surface area contributed by atoms with Crippen LogP contribution >= 0.6 is 15.9 Å². The average molecular weight is 193 g/mol. The first kappa shape index (κ1) is 7.51. The highest BCUT2D eigenvalue weighted by Gasteiger charge is 2.22. The first-order valence-corrected chi connectivity index (χ1v) is 4.31. The molecule has 0 aromatic rings. The lowest BCUT2D eigenvalue weighted by Gasteiger charge is -2.13. The van der Waals surface area contributed by atoms with Crippen molar-refractivity contribution in [2.24, 2.45) is 0 Å². The SMILES string of the molecule is CN1CC(CBr)N(C)C1. The summed E-state index contributed by atoms with van der Waals surface area (Å²) in [4.78, 5) is 4.68. The van der Waals surface area contributed by atoms with Crippen LogP contribution in [0.15, 0.2) is 0 Å². The largest absolute Gasteiger partial charge is 0.292 e. The van der Waals surface area contributed by atoms with E-state index in [1.807, 2.05) is 0 Å². The second-order valence-electron chi connectivity index (χ2n) is 2.75. The Morgan fingerprint density at radius 2 is 2.22 bits per heavy atom. The van der Waals surface area contributed by atoms with Gasteiger partial charge in [0.15, 0.2) is 0 Å². The van der Waals surface area contributed by atoms with E-state index in [1.54, 1.807) is 0 Å². The molecule has 9 heavy (non-hydrogen) atoms. The van der Waals surface area contributed by atoms with Crippen LogP contribution in [0.4, 0.5) is 0 Å². The van der Waals surface area contributed by atoms with Gasteiger partial charge in [-0.05, 0) is 14.1 Å². The Balaban J connectivity index is 2.38. The molecular formula is C6H13BrN2. The van der Waals surface area contributed by atoms with Crippen molar-refractivity contribution < 1.29 is 0 Å². The summed E-state index contributed by atoms with van der Waals surface area (Å²) in [7, 11) is 4.31. The van der Waals surface area contributed by atoms with Crippen molar-refractivity contribution in [1.82, 2.24) is 9.80 Å². The van der Waals surface area contributed by atoms with Crippen LogP contribution in [0, 0.1) is 0 Å². The fourth-order valence-corrected chi connectivity index (χ4v) is 1.92. The van der Waals surface area contributed by atoms with Crippen molar-refractivity contribution in [2.75, 3.05) is 32.6 Å². The lowest BCUT2D eigenvalue weighted by Crippen LogP contribution is -2.27. The molecule has 1 aliphatic heterocycles. The van der Waals surface area contributed by atoms with Crippen LogP contribution in [0.3, 0.4) is 0 Å². The molecule has 2 nitrogen and oxygen atoms in total. The van der Waals surface area contributed by atoms with E-state index in [0.717, 1.165) is 18.0 Å². The summed E-state index contributed by atoms with van der Waals surface area (Å²) in [5, 5.41) is 1.09. The van der Waals surface area contributed by atoms with E-state index >= 15 is 0 Å². The molecule has 0 N–H and O–H groups in total. The average Bonchev–Trinajstić information content (AvgIpc) is 2.10. The second kappa shape index (κ2) is 2.99. The predicted molar refractivity (Wildman–Crippen MR) is 42.8 cm³/mol. The highest BCUT2D eigenvalue weighted by Crippen LogP contribution is 2.09. The molecule has 1 atom stereocenters. The molecule has 0 spiro atoms. The molecule has 1 saturated heterocycles. The molecule has 1 aliphatic rings. The van der Waals surface area contributed by atoms with Crippen LogP contribution in [-0.2, 0) is 0 Å². The maximum Gasteiger partial charge on any atom is 0.0504 e. The fraction of sp³-hybridized carbons (Fsp3) is 1.00. The van der Waals surface area contributed by atoms with Crippen LogP contribution in [0.1, 0.15) is 0 Å². The molecular weight excluding hydrogens is 180 g/mol. The zero-order chi connectivity index (χ0) is 6.85. The van der Waals surface area contributed by atoms with Gasteiger partial charge in [0.05, 0.1) is 6.67 Å². The minimum atomic E-state index is 0.718. The fourth-order valence-electron chi connectivity index (χ4n) is 1.22. The number of hydrogen-bond acceptors (Lipinski definition) is 2. The van der Waals surface area contributed by atoms with Gasteiger partial charge in [-0.25, -0.2) is 0 Å². The number of hydrogen-bond donors (Lipinski definition) is 0. The van der Waals surface area contributed by atoms with Crippen molar-refractivity contribution >= 4 is 15.9 Å². The van der Waals surface area contributed by atoms with Gasteiger partial charge >= 0.3 is 0 Å². The van der Waals surface area contributed by atoms with E-state index < -0.39 is 0 Å². The van der Waals surface area contributed by atoms with E-state index in [4.69, 9.17) is 0 Å². The van der Waals surface area contributed by atoms with Gasteiger partial charge in [0.1, 0.15) is 0 Å². The number of halogens is 1. The van der Waals surface area contributed by atoms with Crippen molar-refractivity contribution in [2.45, 2.75) is 6.04 Å². The van der Waals surface area contributed by atoms with Crippen LogP contribution in [-0.4, -0.2) is 48.5 Å². The number of likely N-dealkylation sites (N-methyl/N-ethyl adjacent to an activating group) is 2. The molecule has 54 valence electrons. The minimum Gasteiger partial charge on any atom is -0.292 e. The summed E-state index contributed by atoms with van der Waals surface area (Å²) in [5.41, 5.74) is 0. The van der Waals surface area contributed by atoms with Crippen LogP contribution in [0.2, 0.25) is 0 Å². The van der Waals surface area contributed by atoms with Gasteiger partial charge in [0.2, 0.25) is 0 Å². The molecule has 3 heteroatoms. The summed E-state index contributed by atoms with van der Waals surface area (Å²) in [6.45, 7) is 2.30. The van der Waals surface area contributed by atoms with Crippen molar-refractivity contribution in [3.05, 3.63) is 0 Å². The van der Waals surface area contributed by atoms with Gasteiger partial charge < -0.3 is 0 Å². The molecule has 0 aliphatic carbocycles. The molecule has 0 saturated carbocycles. The Morgan fingerprint density at radius 3 is 2.44 bits per heavy atom. The van der Waals surface area contributed by atoms with Gasteiger partial charge in [0.25, 0.3) is 0 Å².